The highest BCUT2D eigenvalue weighted by molar-refractivity contribution is 5.62. The Labute approximate surface area is 145 Å². The van der Waals surface area contributed by atoms with Gasteiger partial charge in [-0.1, -0.05) is 57.7 Å². The third-order valence-corrected chi connectivity index (χ3v) is 4.22. The van der Waals surface area contributed by atoms with Crippen molar-refractivity contribution in [3.63, 3.8) is 0 Å². The van der Waals surface area contributed by atoms with Crippen molar-refractivity contribution in [2.75, 3.05) is 7.05 Å². The topological polar surface area (TPSA) is 3.24 Å². The Hall–Kier alpha value is -1.93. The van der Waals surface area contributed by atoms with Gasteiger partial charge in [0.25, 0.3) is 0 Å². The van der Waals surface area contributed by atoms with Crippen LogP contribution >= 0.6 is 0 Å². The maximum atomic E-state index is 13.8. The molecule has 2 aromatic rings. The minimum absolute atomic E-state index is 0.178. The molecule has 0 spiro atoms. The van der Waals surface area contributed by atoms with Crippen LogP contribution < -0.4 is 0 Å². The zero-order valence-corrected chi connectivity index (χ0v) is 15.5. The average molecular weight is 325 g/mol. The first-order chi connectivity index (χ1) is 11.2. The van der Waals surface area contributed by atoms with Crippen molar-refractivity contribution in [3.05, 3.63) is 77.1 Å². The summed E-state index contributed by atoms with van der Waals surface area (Å²) < 4.78 is 13.8. The Morgan fingerprint density at radius 2 is 1.54 bits per heavy atom. The summed E-state index contributed by atoms with van der Waals surface area (Å²) in [5.74, 6) is -0.202. The van der Waals surface area contributed by atoms with E-state index in [-0.39, 0.29) is 11.2 Å². The van der Waals surface area contributed by atoms with E-state index in [9.17, 15) is 4.39 Å². The monoisotopic (exact) mass is 325 g/mol. The molecular formula is C22H28FN. The largest absolute Gasteiger partial charge is 0.298 e. The predicted molar refractivity (Wildman–Crippen MR) is 101 cm³/mol. The number of halogens is 1. The SMILES string of the molecule is C=C(C)c1cc(CN(C)Cc2ccc(C(C)(C)C)cc2)ccc1F. The van der Waals surface area contributed by atoms with Gasteiger partial charge in [0.2, 0.25) is 0 Å². The number of nitrogens with zero attached hydrogens (tertiary/aromatic N) is 1. The lowest BCUT2D eigenvalue weighted by molar-refractivity contribution is 0.319. The predicted octanol–water partition coefficient (Wildman–Crippen LogP) is 5.79. The van der Waals surface area contributed by atoms with Crippen molar-refractivity contribution < 1.29 is 4.39 Å². The summed E-state index contributed by atoms with van der Waals surface area (Å²) in [5.41, 5.74) is 5.28. The van der Waals surface area contributed by atoms with E-state index >= 15 is 0 Å². The van der Waals surface area contributed by atoms with Gasteiger partial charge in [0.1, 0.15) is 5.82 Å². The van der Waals surface area contributed by atoms with Crippen molar-refractivity contribution in [1.82, 2.24) is 4.90 Å². The molecule has 0 aliphatic heterocycles. The minimum atomic E-state index is -0.202. The molecule has 2 aromatic carbocycles. The van der Waals surface area contributed by atoms with Crippen LogP contribution in [-0.4, -0.2) is 11.9 Å². The van der Waals surface area contributed by atoms with Gasteiger partial charge in [-0.15, -0.1) is 0 Å². The van der Waals surface area contributed by atoms with Gasteiger partial charge in [0, 0.05) is 18.7 Å². The van der Waals surface area contributed by atoms with Crippen molar-refractivity contribution >= 4 is 5.57 Å². The Morgan fingerprint density at radius 3 is 2.08 bits per heavy atom. The summed E-state index contributed by atoms with van der Waals surface area (Å²) in [6.07, 6.45) is 0. The van der Waals surface area contributed by atoms with Gasteiger partial charge in [-0.3, -0.25) is 4.90 Å². The van der Waals surface area contributed by atoms with Gasteiger partial charge in [-0.05, 0) is 53.8 Å². The fraction of sp³-hybridized carbons (Fsp3) is 0.364. The van der Waals surface area contributed by atoms with E-state index in [1.807, 2.05) is 19.1 Å². The lowest BCUT2D eigenvalue weighted by atomic mass is 9.87. The summed E-state index contributed by atoms with van der Waals surface area (Å²) >= 11 is 0. The molecule has 0 heterocycles. The molecule has 1 nitrogen and oxygen atoms in total. The Morgan fingerprint density at radius 1 is 1.00 bits per heavy atom. The number of allylic oxidation sites excluding steroid dienone is 1. The Bertz CT molecular complexity index is 708. The van der Waals surface area contributed by atoms with Crippen LogP contribution in [0.1, 0.15) is 49.9 Å². The number of hydrogen-bond donors (Lipinski definition) is 0. The van der Waals surface area contributed by atoms with E-state index in [4.69, 9.17) is 0 Å². The molecule has 0 atom stereocenters. The summed E-state index contributed by atoms with van der Waals surface area (Å²) in [4.78, 5) is 2.24. The number of benzene rings is 2. The van der Waals surface area contributed by atoms with Crippen molar-refractivity contribution in [2.24, 2.45) is 0 Å². The highest BCUT2D eigenvalue weighted by atomic mass is 19.1. The van der Waals surface area contributed by atoms with E-state index < -0.39 is 0 Å². The van der Waals surface area contributed by atoms with E-state index in [0.717, 1.165) is 24.2 Å². The maximum absolute atomic E-state index is 13.8. The van der Waals surface area contributed by atoms with E-state index in [1.54, 1.807) is 0 Å². The highest BCUT2D eigenvalue weighted by Gasteiger charge is 2.13. The summed E-state index contributed by atoms with van der Waals surface area (Å²) in [6.45, 7) is 14.0. The standard InChI is InChI=1S/C22H28FN/c1-16(2)20-13-18(9-12-21(20)23)15-24(6)14-17-7-10-19(11-8-17)22(3,4)5/h7-13H,1,14-15H2,2-6H3. The first kappa shape index (κ1) is 18.4. The van der Waals surface area contributed by atoms with Gasteiger partial charge >= 0.3 is 0 Å². The fourth-order valence-electron chi connectivity index (χ4n) is 2.79. The van der Waals surface area contributed by atoms with E-state index in [2.05, 4.69) is 63.6 Å². The first-order valence-corrected chi connectivity index (χ1v) is 8.39. The lowest BCUT2D eigenvalue weighted by Gasteiger charge is -2.21. The molecular weight excluding hydrogens is 297 g/mol. The molecule has 0 radical (unpaired) electrons. The molecule has 2 rings (SSSR count). The third kappa shape index (κ3) is 4.78. The second kappa shape index (κ2) is 7.31. The van der Waals surface area contributed by atoms with Crippen LogP contribution in [0.3, 0.4) is 0 Å². The molecule has 24 heavy (non-hydrogen) atoms. The molecule has 0 unspecified atom stereocenters. The second-order valence-corrected chi connectivity index (χ2v) is 7.71. The van der Waals surface area contributed by atoms with Crippen LogP contribution in [0.25, 0.3) is 5.57 Å². The molecule has 2 heteroatoms. The van der Waals surface area contributed by atoms with Gasteiger partial charge in [-0.25, -0.2) is 4.39 Å². The van der Waals surface area contributed by atoms with E-state index in [0.29, 0.717) is 5.56 Å². The Kier molecular flexibility index (Phi) is 5.61. The molecule has 0 saturated carbocycles. The molecule has 0 aliphatic rings. The van der Waals surface area contributed by atoms with Crippen LogP contribution in [0.2, 0.25) is 0 Å². The van der Waals surface area contributed by atoms with Crippen molar-refractivity contribution in [3.8, 4) is 0 Å². The van der Waals surface area contributed by atoms with Gasteiger partial charge in [-0.2, -0.15) is 0 Å². The fourth-order valence-corrected chi connectivity index (χ4v) is 2.79. The number of hydrogen-bond acceptors (Lipinski definition) is 1. The quantitative estimate of drug-likeness (QED) is 0.672. The van der Waals surface area contributed by atoms with Crippen LogP contribution in [0.5, 0.6) is 0 Å². The molecule has 0 saturated heterocycles. The highest BCUT2D eigenvalue weighted by Crippen LogP contribution is 2.23. The summed E-state index contributed by atoms with van der Waals surface area (Å²) in [7, 11) is 2.08. The Balaban J connectivity index is 2.04. The maximum Gasteiger partial charge on any atom is 0.130 e. The zero-order chi connectivity index (χ0) is 17.9. The van der Waals surface area contributed by atoms with Crippen molar-refractivity contribution in [1.29, 1.82) is 0 Å². The minimum Gasteiger partial charge on any atom is -0.298 e. The molecule has 0 aromatic heterocycles. The van der Waals surface area contributed by atoms with Gasteiger partial charge in [0.05, 0.1) is 0 Å². The lowest BCUT2D eigenvalue weighted by Crippen LogP contribution is -2.18. The first-order valence-electron chi connectivity index (χ1n) is 8.39. The summed E-state index contributed by atoms with van der Waals surface area (Å²) in [5, 5.41) is 0. The smallest absolute Gasteiger partial charge is 0.130 e. The van der Waals surface area contributed by atoms with E-state index in [1.165, 1.54) is 17.2 Å². The molecule has 0 aliphatic carbocycles. The number of rotatable bonds is 5. The summed E-state index contributed by atoms with van der Waals surface area (Å²) in [6, 6.07) is 14.1. The molecule has 0 fully saturated rings. The normalized spacial score (nSPS) is 11.8. The van der Waals surface area contributed by atoms with Crippen LogP contribution in [0.4, 0.5) is 4.39 Å². The third-order valence-electron chi connectivity index (χ3n) is 4.22. The van der Waals surface area contributed by atoms with Crippen molar-refractivity contribution in [2.45, 2.75) is 46.2 Å². The van der Waals surface area contributed by atoms with Gasteiger partial charge < -0.3 is 0 Å². The molecule has 0 bridgehead atoms. The molecule has 0 amide bonds. The van der Waals surface area contributed by atoms with Gasteiger partial charge in [0.15, 0.2) is 0 Å². The molecule has 128 valence electrons. The second-order valence-electron chi connectivity index (χ2n) is 7.71. The van der Waals surface area contributed by atoms with Crippen LogP contribution in [-0.2, 0) is 18.5 Å². The van der Waals surface area contributed by atoms with Crippen LogP contribution in [0.15, 0.2) is 49.0 Å². The average Bonchev–Trinajstić information content (AvgIpc) is 2.48. The zero-order valence-electron chi connectivity index (χ0n) is 15.5. The van der Waals surface area contributed by atoms with Crippen LogP contribution in [0, 0.1) is 5.82 Å². The molecule has 0 N–H and O–H groups in total.